The van der Waals surface area contributed by atoms with Crippen LogP contribution in [0.15, 0.2) is 0 Å². The minimum Gasteiger partial charge on any atom is -0.394 e. The van der Waals surface area contributed by atoms with Crippen LogP contribution in [-0.2, 0) is 23.7 Å². The van der Waals surface area contributed by atoms with E-state index in [9.17, 15) is 30.3 Å². The molecule has 10 atom stereocenters. The first kappa shape index (κ1) is 23.6. The highest BCUT2D eigenvalue weighted by atomic mass is 16.7. The van der Waals surface area contributed by atoms with Crippen molar-refractivity contribution >= 4 is 5.78 Å². The number of rotatable bonds is 8. The fourth-order valence-corrected chi connectivity index (χ4v) is 3.23. The number of carbonyl (C=O) groups excluding carboxylic acids is 1. The quantitative estimate of drug-likeness (QED) is 0.318. The van der Waals surface area contributed by atoms with E-state index in [0.717, 1.165) is 0 Å². The van der Waals surface area contributed by atoms with Crippen molar-refractivity contribution in [3.63, 3.8) is 0 Å². The molecule has 10 nitrogen and oxygen atoms in total. The van der Waals surface area contributed by atoms with E-state index in [2.05, 4.69) is 0 Å². The smallest absolute Gasteiger partial charge is 0.187 e. The molecule has 0 radical (unpaired) electrons. The van der Waals surface area contributed by atoms with Crippen molar-refractivity contribution in [1.82, 2.24) is 0 Å². The first-order chi connectivity index (χ1) is 13.1. The Kier molecular flexibility index (Phi) is 8.74. The molecule has 28 heavy (non-hydrogen) atoms. The highest BCUT2D eigenvalue weighted by Gasteiger charge is 2.47. The second-order valence-corrected chi connectivity index (χ2v) is 7.57. The number of ether oxygens (including phenoxy) is 4. The lowest BCUT2D eigenvalue weighted by molar-refractivity contribution is -0.352. The lowest BCUT2D eigenvalue weighted by Crippen LogP contribution is -2.61. The molecule has 0 spiro atoms. The molecule has 2 heterocycles. The van der Waals surface area contributed by atoms with Gasteiger partial charge in [0.25, 0.3) is 0 Å². The van der Waals surface area contributed by atoms with Gasteiger partial charge < -0.3 is 49.3 Å². The molecule has 0 aromatic heterocycles. The van der Waals surface area contributed by atoms with Crippen LogP contribution in [-0.4, -0.2) is 99.3 Å². The molecule has 2 saturated heterocycles. The van der Waals surface area contributed by atoms with Crippen LogP contribution in [0.5, 0.6) is 0 Å². The molecule has 0 amide bonds. The van der Waals surface area contributed by atoms with E-state index in [0.29, 0.717) is 12.8 Å². The Morgan fingerprint density at radius 1 is 1.11 bits per heavy atom. The summed E-state index contributed by atoms with van der Waals surface area (Å²) in [6.45, 7) is 4.39. The molecule has 2 fully saturated rings. The number of aliphatic hydroxyl groups is 5. The second kappa shape index (κ2) is 10.4. The Bertz CT molecular complexity index is 501. The zero-order chi connectivity index (χ0) is 21.0. The average Bonchev–Trinajstić information content (AvgIpc) is 2.64. The molecule has 0 aromatic carbocycles. The fraction of sp³-hybridized carbons (Fsp3) is 0.944. The van der Waals surface area contributed by atoms with Crippen LogP contribution in [0.3, 0.4) is 0 Å². The summed E-state index contributed by atoms with van der Waals surface area (Å²) in [6.07, 6.45) is -9.55. The van der Waals surface area contributed by atoms with Gasteiger partial charge in [0.2, 0.25) is 0 Å². The molecular formula is C18H32O10. The van der Waals surface area contributed by atoms with Crippen molar-refractivity contribution in [3.8, 4) is 0 Å². The molecular weight excluding hydrogens is 376 g/mol. The van der Waals surface area contributed by atoms with Crippen molar-refractivity contribution < 1.29 is 49.3 Å². The van der Waals surface area contributed by atoms with Gasteiger partial charge in [-0.25, -0.2) is 0 Å². The van der Waals surface area contributed by atoms with Crippen LogP contribution in [0, 0.1) is 0 Å². The molecule has 2 aliphatic heterocycles. The summed E-state index contributed by atoms with van der Waals surface area (Å²) in [7, 11) is 0. The summed E-state index contributed by atoms with van der Waals surface area (Å²) in [5.41, 5.74) is 0. The van der Waals surface area contributed by atoms with E-state index >= 15 is 0 Å². The third-order valence-electron chi connectivity index (χ3n) is 5.09. The van der Waals surface area contributed by atoms with Crippen molar-refractivity contribution in [2.75, 3.05) is 6.61 Å². The summed E-state index contributed by atoms with van der Waals surface area (Å²) in [5, 5.41) is 49.4. The average molecular weight is 408 g/mol. The van der Waals surface area contributed by atoms with Crippen LogP contribution in [0.1, 0.15) is 40.0 Å². The summed E-state index contributed by atoms with van der Waals surface area (Å²) in [4.78, 5) is 11.2. The van der Waals surface area contributed by atoms with Crippen molar-refractivity contribution in [1.29, 1.82) is 0 Å². The number of aliphatic hydroxyl groups excluding tert-OH is 5. The van der Waals surface area contributed by atoms with E-state index in [4.69, 9.17) is 18.9 Å². The third-order valence-corrected chi connectivity index (χ3v) is 5.09. The van der Waals surface area contributed by atoms with E-state index in [-0.39, 0.29) is 18.3 Å². The first-order valence-electron chi connectivity index (χ1n) is 9.58. The van der Waals surface area contributed by atoms with Gasteiger partial charge in [0.1, 0.15) is 36.3 Å². The van der Waals surface area contributed by atoms with Gasteiger partial charge in [-0.1, -0.05) is 0 Å². The van der Waals surface area contributed by atoms with Crippen molar-refractivity contribution in [2.24, 2.45) is 0 Å². The van der Waals surface area contributed by atoms with Gasteiger partial charge >= 0.3 is 0 Å². The third kappa shape index (κ3) is 5.91. The number of hydrogen-bond acceptors (Lipinski definition) is 10. The van der Waals surface area contributed by atoms with Gasteiger partial charge in [-0.3, -0.25) is 0 Å². The Morgan fingerprint density at radius 2 is 1.79 bits per heavy atom. The van der Waals surface area contributed by atoms with Crippen molar-refractivity contribution in [3.05, 3.63) is 0 Å². The lowest BCUT2D eigenvalue weighted by atomic mass is 9.98. The Hall–Kier alpha value is -0.690. The number of Topliss-reactive ketones (excluding diaryl/α,β-unsaturated/α-hetero) is 1. The van der Waals surface area contributed by atoms with Crippen LogP contribution >= 0.6 is 0 Å². The van der Waals surface area contributed by atoms with Crippen molar-refractivity contribution in [2.45, 2.75) is 101 Å². The maximum Gasteiger partial charge on any atom is 0.187 e. The van der Waals surface area contributed by atoms with E-state index in [1.165, 1.54) is 6.92 Å². The number of carbonyl (C=O) groups is 1. The van der Waals surface area contributed by atoms with Crippen LogP contribution < -0.4 is 0 Å². The standard InChI is InChI=1S/C18H32O10/c1-8(20)4-5-9(2)25-17-12(6-11(21)10(3)26-17)27-18-16(24)15(23)14(22)13(7-19)28-18/h9-19,21-24H,4-7H2,1-3H3/t9-,10?,11-,12?,13?,14-,15?,16?,17-,18-/m1/s1. The molecule has 5 unspecified atom stereocenters. The minimum absolute atomic E-state index is 0.0397. The van der Waals surface area contributed by atoms with Crippen LogP contribution in [0.2, 0.25) is 0 Å². The molecule has 2 aliphatic rings. The van der Waals surface area contributed by atoms with Crippen LogP contribution in [0.25, 0.3) is 0 Å². The predicted octanol–water partition coefficient (Wildman–Crippen LogP) is -1.56. The fourth-order valence-electron chi connectivity index (χ4n) is 3.23. The summed E-state index contributed by atoms with van der Waals surface area (Å²) < 4.78 is 22.6. The van der Waals surface area contributed by atoms with E-state index in [1.54, 1.807) is 13.8 Å². The normalized spacial score (nSPS) is 42.9. The molecule has 10 heteroatoms. The second-order valence-electron chi connectivity index (χ2n) is 7.57. The highest BCUT2D eigenvalue weighted by molar-refractivity contribution is 5.75. The first-order valence-corrected chi connectivity index (χ1v) is 9.58. The summed E-state index contributed by atoms with van der Waals surface area (Å²) in [5.74, 6) is 0.0397. The Balaban J connectivity index is 2.05. The zero-order valence-corrected chi connectivity index (χ0v) is 16.4. The molecule has 2 rings (SSSR count). The van der Waals surface area contributed by atoms with Gasteiger partial charge in [-0.15, -0.1) is 0 Å². The lowest BCUT2D eigenvalue weighted by Gasteiger charge is -2.44. The van der Waals surface area contributed by atoms with E-state index < -0.39 is 61.9 Å². The number of ketones is 1. The zero-order valence-electron chi connectivity index (χ0n) is 16.4. The predicted molar refractivity (Wildman–Crippen MR) is 94.1 cm³/mol. The molecule has 0 saturated carbocycles. The van der Waals surface area contributed by atoms with Gasteiger partial charge in [0.15, 0.2) is 12.6 Å². The molecule has 0 aliphatic carbocycles. The van der Waals surface area contributed by atoms with Gasteiger partial charge in [-0.05, 0) is 27.2 Å². The Morgan fingerprint density at radius 3 is 2.39 bits per heavy atom. The maximum atomic E-state index is 11.2. The minimum atomic E-state index is -1.57. The van der Waals surface area contributed by atoms with Gasteiger partial charge in [0, 0.05) is 12.8 Å². The van der Waals surface area contributed by atoms with Crippen LogP contribution in [0.4, 0.5) is 0 Å². The monoisotopic (exact) mass is 408 g/mol. The SMILES string of the molecule is CC(=O)CC[C@@H](C)O[C@@H]1OC(C)[C@H](O)CC1O[C@@H]1OC(CO)[C@@H](O)C(O)C1O. The van der Waals surface area contributed by atoms with Gasteiger partial charge in [-0.2, -0.15) is 0 Å². The Labute approximate surface area is 164 Å². The number of hydrogen-bond donors (Lipinski definition) is 5. The molecule has 0 bridgehead atoms. The molecule has 0 aromatic rings. The topological polar surface area (TPSA) is 155 Å². The highest BCUT2D eigenvalue weighted by Crippen LogP contribution is 2.30. The van der Waals surface area contributed by atoms with E-state index in [1.807, 2.05) is 0 Å². The molecule has 164 valence electrons. The maximum absolute atomic E-state index is 11.2. The summed E-state index contributed by atoms with van der Waals surface area (Å²) >= 11 is 0. The molecule has 5 N–H and O–H groups in total. The largest absolute Gasteiger partial charge is 0.394 e. The summed E-state index contributed by atoms with van der Waals surface area (Å²) in [6, 6.07) is 0. The van der Waals surface area contributed by atoms with Gasteiger partial charge in [0.05, 0.1) is 24.9 Å².